The zero-order chi connectivity index (χ0) is 18.0. The van der Waals surface area contributed by atoms with Crippen LogP contribution in [-0.4, -0.2) is 43.0 Å². The number of methoxy groups -OCH3 is 1. The molecule has 1 saturated heterocycles. The van der Waals surface area contributed by atoms with Gasteiger partial charge in [-0.25, -0.2) is 0 Å². The Labute approximate surface area is 147 Å². The summed E-state index contributed by atoms with van der Waals surface area (Å²) in [6.07, 6.45) is 0. The fourth-order valence-corrected chi connectivity index (χ4v) is 3.21. The third-order valence-corrected chi connectivity index (χ3v) is 4.67. The lowest BCUT2D eigenvalue weighted by Gasteiger charge is -2.39. The van der Waals surface area contributed by atoms with Crippen molar-refractivity contribution in [1.29, 1.82) is 0 Å². The van der Waals surface area contributed by atoms with E-state index in [0.29, 0.717) is 24.4 Å². The van der Waals surface area contributed by atoms with Crippen molar-refractivity contribution in [3.63, 3.8) is 0 Å². The van der Waals surface area contributed by atoms with Crippen LogP contribution in [0.5, 0.6) is 5.75 Å². The van der Waals surface area contributed by atoms with Gasteiger partial charge in [-0.15, -0.1) is 0 Å². The number of carbonyl (C=O) groups excluding carboxylic acids is 2. The lowest BCUT2D eigenvalue weighted by atomic mass is 10.0. The van der Waals surface area contributed by atoms with Gasteiger partial charge in [0.2, 0.25) is 5.91 Å². The van der Waals surface area contributed by atoms with Gasteiger partial charge in [0.1, 0.15) is 11.8 Å². The number of anilines is 1. The molecule has 5 heteroatoms. The Hall–Kier alpha value is -2.82. The van der Waals surface area contributed by atoms with Crippen molar-refractivity contribution in [1.82, 2.24) is 4.90 Å². The van der Waals surface area contributed by atoms with E-state index in [0.717, 1.165) is 11.3 Å². The summed E-state index contributed by atoms with van der Waals surface area (Å²) in [5.74, 6) is 0.457. The average Bonchev–Trinajstić information content (AvgIpc) is 2.64. The summed E-state index contributed by atoms with van der Waals surface area (Å²) in [6, 6.07) is 14.4. The number of ether oxygens (including phenoxy) is 1. The molecule has 0 spiro atoms. The maximum Gasteiger partial charge on any atom is 0.254 e. The second-order valence-corrected chi connectivity index (χ2v) is 6.15. The number of benzene rings is 2. The first-order valence-corrected chi connectivity index (χ1v) is 8.35. The summed E-state index contributed by atoms with van der Waals surface area (Å²) in [6.45, 7) is 4.62. The predicted molar refractivity (Wildman–Crippen MR) is 97.0 cm³/mol. The number of hydrogen-bond acceptors (Lipinski definition) is 3. The lowest BCUT2D eigenvalue weighted by molar-refractivity contribution is -0.124. The topological polar surface area (TPSA) is 49.9 Å². The Balaban J connectivity index is 1.85. The molecule has 2 aromatic rings. The predicted octanol–water partition coefficient (Wildman–Crippen LogP) is 2.88. The first-order valence-electron chi connectivity index (χ1n) is 8.35. The Morgan fingerprint density at radius 1 is 1.08 bits per heavy atom. The van der Waals surface area contributed by atoms with Gasteiger partial charge in [-0.3, -0.25) is 9.59 Å². The molecular weight excluding hydrogens is 316 g/mol. The van der Waals surface area contributed by atoms with Crippen LogP contribution < -0.4 is 9.64 Å². The normalized spacial score (nSPS) is 17.6. The number of rotatable bonds is 3. The lowest BCUT2D eigenvalue weighted by Crippen LogP contribution is -2.57. The van der Waals surface area contributed by atoms with Gasteiger partial charge >= 0.3 is 0 Å². The van der Waals surface area contributed by atoms with E-state index >= 15 is 0 Å². The molecule has 1 heterocycles. The van der Waals surface area contributed by atoms with E-state index in [1.54, 1.807) is 23.8 Å². The molecule has 0 aliphatic carbocycles. The smallest absolute Gasteiger partial charge is 0.254 e. The monoisotopic (exact) mass is 338 g/mol. The summed E-state index contributed by atoms with van der Waals surface area (Å²) in [7, 11) is 1.59. The maximum absolute atomic E-state index is 12.9. The minimum Gasteiger partial charge on any atom is -0.495 e. The second kappa shape index (κ2) is 6.97. The molecule has 0 unspecified atom stereocenters. The molecule has 3 rings (SSSR count). The first-order chi connectivity index (χ1) is 12.0. The van der Waals surface area contributed by atoms with Gasteiger partial charge in [-0.2, -0.15) is 0 Å². The molecule has 1 atom stereocenters. The van der Waals surface area contributed by atoms with E-state index in [4.69, 9.17) is 4.74 Å². The van der Waals surface area contributed by atoms with Crippen LogP contribution in [0.15, 0.2) is 48.5 Å². The molecule has 2 amide bonds. The quantitative estimate of drug-likeness (QED) is 0.865. The number of aryl methyl sites for hydroxylation is 1. The van der Waals surface area contributed by atoms with Gasteiger partial charge in [-0.05, 0) is 37.6 Å². The summed E-state index contributed by atoms with van der Waals surface area (Å²) >= 11 is 0. The fraction of sp³-hybridized carbons (Fsp3) is 0.300. The molecule has 0 aromatic heterocycles. The number of carbonyl (C=O) groups is 2. The third kappa shape index (κ3) is 3.09. The fourth-order valence-electron chi connectivity index (χ4n) is 3.21. The molecule has 1 fully saturated rings. The minimum atomic E-state index is -0.522. The van der Waals surface area contributed by atoms with E-state index in [1.165, 1.54) is 0 Å². The molecular formula is C20H22N2O3. The number of amides is 2. The molecule has 0 saturated carbocycles. The average molecular weight is 338 g/mol. The van der Waals surface area contributed by atoms with Crippen LogP contribution in [0.4, 0.5) is 5.69 Å². The van der Waals surface area contributed by atoms with E-state index in [-0.39, 0.29) is 11.8 Å². The summed E-state index contributed by atoms with van der Waals surface area (Å²) < 4.78 is 5.37. The van der Waals surface area contributed by atoms with Crippen LogP contribution in [0.2, 0.25) is 0 Å². The Morgan fingerprint density at radius 3 is 2.48 bits per heavy atom. The molecule has 1 aliphatic heterocycles. The number of para-hydroxylation sites is 2. The molecule has 5 nitrogen and oxygen atoms in total. The number of hydrogen-bond donors (Lipinski definition) is 0. The third-order valence-electron chi connectivity index (χ3n) is 4.67. The van der Waals surface area contributed by atoms with Crippen LogP contribution in [0, 0.1) is 6.92 Å². The standard InChI is InChI=1S/C20H22N2O3/c1-14-8-4-5-9-16(14)20(24)21-12-13-22(19(23)15(21)2)17-10-6-7-11-18(17)25-3/h4-11,15H,12-13H2,1-3H3/t15-/m0/s1. The van der Waals surface area contributed by atoms with E-state index in [9.17, 15) is 9.59 Å². The second-order valence-electron chi connectivity index (χ2n) is 6.15. The van der Waals surface area contributed by atoms with Crippen molar-refractivity contribution < 1.29 is 14.3 Å². The van der Waals surface area contributed by atoms with Crippen molar-refractivity contribution in [3.8, 4) is 5.75 Å². The highest BCUT2D eigenvalue weighted by atomic mass is 16.5. The number of nitrogens with zero attached hydrogens (tertiary/aromatic N) is 2. The SMILES string of the molecule is COc1ccccc1N1CCN(C(=O)c2ccccc2C)[C@@H](C)C1=O. The van der Waals surface area contributed by atoms with Crippen molar-refractivity contribution >= 4 is 17.5 Å². The van der Waals surface area contributed by atoms with E-state index in [2.05, 4.69) is 0 Å². The Bertz CT molecular complexity index is 803. The van der Waals surface area contributed by atoms with Gasteiger partial charge < -0.3 is 14.5 Å². The van der Waals surface area contributed by atoms with Crippen LogP contribution in [0.25, 0.3) is 0 Å². The molecule has 2 aromatic carbocycles. The summed E-state index contributed by atoms with van der Waals surface area (Å²) in [5, 5.41) is 0. The molecule has 0 radical (unpaired) electrons. The highest BCUT2D eigenvalue weighted by Crippen LogP contribution is 2.30. The van der Waals surface area contributed by atoms with E-state index < -0.39 is 6.04 Å². The molecule has 25 heavy (non-hydrogen) atoms. The molecule has 1 aliphatic rings. The van der Waals surface area contributed by atoms with Crippen molar-refractivity contribution in [2.24, 2.45) is 0 Å². The van der Waals surface area contributed by atoms with E-state index in [1.807, 2.05) is 55.5 Å². The summed E-state index contributed by atoms with van der Waals surface area (Å²) in [4.78, 5) is 29.1. The van der Waals surface area contributed by atoms with Crippen LogP contribution in [-0.2, 0) is 4.79 Å². The highest BCUT2D eigenvalue weighted by molar-refractivity contribution is 6.04. The zero-order valence-electron chi connectivity index (χ0n) is 14.7. The van der Waals surface area contributed by atoms with Gasteiger partial charge in [0.05, 0.1) is 12.8 Å². The van der Waals surface area contributed by atoms with Crippen molar-refractivity contribution in [2.75, 3.05) is 25.1 Å². The van der Waals surface area contributed by atoms with Crippen LogP contribution in [0.1, 0.15) is 22.8 Å². The Kier molecular flexibility index (Phi) is 4.74. The summed E-state index contributed by atoms with van der Waals surface area (Å²) in [5.41, 5.74) is 2.30. The number of piperazine rings is 1. The minimum absolute atomic E-state index is 0.0985. The van der Waals surface area contributed by atoms with Gasteiger partial charge in [-0.1, -0.05) is 30.3 Å². The van der Waals surface area contributed by atoms with Crippen LogP contribution in [0.3, 0.4) is 0 Å². The van der Waals surface area contributed by atoms with Crippen molar-refractivity contribution in [3.05, 3.63) is 59.7 Å². The van der Waals surface area contributed by atoms with Crippen LogP contribution >= 0.6 is 0 Å². The molecule has 0 N–H and O–H groups in total. The maximum atomic E-state index is 12.9. The van der Waals surface area contributed by atoms with Gasteiger partial charge in [0, 0.05) is 18.7 Å². The van der Waals surface area contributed by atoms with Gasteiger partial charge in [0.25, 0.3) is 5.91 Å². The highest BCUT2D eigenvalue weighted by Gasteiger charge is 2.36. The van der Waals surface area contributed by atoms with Gasteiger partial charge in [0.15, 0.2) is 0 Å². The zero-order valence-corrected chi connectivity index (χ0v) is 14.7. The largest absolute Gasteiger partial charge is 0.495 e. The molecule has 0 bridgehead atoms. The van der Waals surface area contributed by atoms with Crippen molar-refractivity contribution in [2.45, 2.75) is 19.9 Å². The first kappa shape index (κ1) is 17.0. The molecule has 130 valence electrons. The Morgan fingerprint density at radius 2 is 1.76 bits per heavy atom.